The monoisotopic (exact) mass is 673 g/mol. The third kappa shape index (κ3) is 8.00. The molecule has 0 saturated carbocycles. The van der Waals surface area contributed by atoms with Crippen molar-refractivity contribution in [3.05, 3.63) is 71.3 Å². The van der Waals surface area contributed by atoms with E-state index in [1.54, 1.807) is 19.3 Å². The van der Waals surface area contributed by atoms with Crippen molar-refractivity contribution in [1.82, 2.24) is 24.9 Å². The van der Waals surface area contributed by atoms with Crippen molar-refractivity contribution in [2.75, 3.05) is 33.3 Å². The van der Waals surface area contributed by atoms with Crippen LogP contribution in [-0.4, -0.2) is 107 Å². The van der Waals surface area contributed by atoms with Crippen molar-refractivity contribution in [3.63, 3.8) is 0 Å². The van der Waals surface area contributed by atoms with E-state index in [4.69, 9.17) is 9.47 Å². The summed E-state index contributed by atoms with van der Waals surface area (Å²) in [5, 5.41) is 3.11. The summed E-state index contributed by atoms with van der Waals surface area (Å²) < 4.78 is 11.9. The summed E-state index contributed by atoms with van der Waals surface area (Å²) in [5.74, 6) is 1.22. The highest BCUT2D eigenvalue weighted by atomic mass is 16.5. The third-order valence-corrected chi connectivity index (χ3v) is 11.4. The molecular weight excluding hydrogens is 618 g/mol. The second-order valence-electron chi connectivity index (χ2n) is 14.9. The van der Waals surface area contributed by atoms with Crippen LogP contribution >= 0.6 is 0 Å². The minimum atomic E-state index is -0.159. The lowest BCUT2D eigenvalue weighted by Crippen LogP contribution is -2.58. The van der Waals surface area contributed by atoms with E-state index in [0.717, 1.165) is 93.8 Å². The Balaban J connectivity index is 1.14. The Bertz CT molecular complexity index is 1440. The highest BCUT2D eigenvalue weighted by Crippen LogP contribution is 2.34. The van der Waals surface area contributed by atoms with E-state index in [2.05, 4.69) is 59.8 Å². The van der Waals surface area contributed by atoms with Crippen molar-refractivity contribution >= 4 is 17.7 Å². The normalized spacial score (nSPS) is 26.8. The number of hydrogen-bond acceptors (Lipinski definition) is 7. The average molecular weight is 674 g/mol. The van der Waals surface area contributed by atoms with Crippen molar-refractivity contribution in [2.45, 2.75) is 116 Å². The van der Waals surface area contributed by atoms with Crippen LogP contribution < -0.4 is 5.32 Å². The molecule has 6 rings (SSSR count). The van der Waals surface area contributed by atoms with Gasteiger partial charge in [0.25, 0.3) is 0 Å². The van der Waals surface area contributed by atoms with Gasteiger partial charge in [0.1, 0.15) is 5.76 Å². The number of ether oxygens (including phenoxy) is 2. The Kier molecular flexibility index (Phi) is 11.0. The molecule has 0 bridgehead atoms. The van der Waals surface area contributed by atoms with Gasteiger partial charge >= 0.3 is 0 Å². The molecule has 1 N–H and O–H groups in total. The molecular formula is C39H55N5O5. The number of nitrogens with one attached hydrogen (secondary N) is 1. The SMILES string of the molecule is COC1=CC(=O)N(C2CCN(C3=CC(=O)N(C4CCN(C5=CC(=O)N[C@@H](C(C)C)C5)CC4)[C@H]([C@H](C)OCc4ccccc4)C3)CC2)[C@H](C)C1. The van der Waals surface area contributed by atoms with Crippen LogP contribution in [0.1, 0.15) is 78.2 Å². The predicted octanol–water partition coefficient (Wildman–Crippen LogP) is 4.58. The smallest absolute Gasteiger partial charge is 0.250 e. The first-order valence-electron chi connectivity index (χ1n) is 18.4. The first-order chi connectivity index (χ1) is 23.6. The molecule has 1 aromatic rings. The van der Waals surface area contributed by atoms with E-state index in [1.807, 2.05) is 29.2 Å². The second-order valence-corrected chi connectivity index (χ2v) is 14.9. The average Bonchev–Trinajstić information content (AvgIpc) is 3.10. The molecule has 5 heterocycles. The lowest BCUT2D eigenvalue weighted by atomic mass is 9.91. The molecule has 1 aromatic carbocycles. The second kappa shape index (κ2) is 15.4. The highest BCUT2D eigenvalue weighted by molar-refractivity contribution is 5.90. The first kappa shape index (κ1) is 35.1. The topological polar surface area (TPSA) is 94.7 Å². The van der Waals surface area contributed by atoms with E-state index in [-0.39, 0.29) is 54.0 Å². The molecule has 266 valence electrons. The van der Waals surface area contributed by atoms with Crippen LogP contribution in [0.15, 0.2) is 65.7 Å². The standard InChI is InChI=1S/C39H55N5O5/c1-26(2)35-20-32(22-37(45)40-35)41-17-13-31(14-18-41)44-36(28(4)49-25-29-9-7-6-8-10-29)21-33(23-38(44)46)42-15-11-30(12-16-42)43-27(3)19-34(48-5)24-39(43)47/h6-10,22-24,26-28,30-31,35-36H,11-21,25H2,1-5H3,(H,40,45)/t27-,28+,35-,36+/m1/s1. The summed E-state index contributed by atoms with van der Waals surface area (Å²) in [4.78, 5) is 48.5. The number of amides is 3. The zero-order chi connectivity index (χ0) is 34.7. The van der Waals surface area contributed by atoms with Gasteiger partial charge in [-0.05, 0) is 51.0 Å². The van der Waals surface area contributed by atoms with E-state index >= 15 is 0 Å². The fourth-order valence-corrected chi connectivity index (χ4v) is 8.48. The minimum absolute atomic E-state index is 0.00598. The Morgan fingerprint density at radius 2 is 1.37 bits per heavy atom. The maximum absolute atomic E-state index is 14.2. The molecule has 0 aliphatic carbocycles. The third-order valence-electron chi connectivity index (χ3n) is 11.4. The predicted molar refractivity (Wildman–Crippen MR) is 189 cm³/mol. The fraction of sp³-hybridized carbons (Fsp3) is 0.615. The van der Waals surface area contributed by atoms with Gasteiger partial charge in [-0.2, -0.15) is 0 Å². The van der Waals surface area contributed by atoms with Crippen molar-refractivity contribution in [2.24, 2.45) is 5.92 Å². The Hall–Kier alpha value is -3.79. The number of hydrogen-bond donors (Lipinski definition) is 1. The number of methoxy groups -OCH3 is 1. The van der Waals surface area contributed by atoms with E-state index < -0.39 is 0 Å². The van der Waals surface area contributed by atoms with Crippen molar-refractivity contribution in [1.29, 1.82) is 0 Å². The highest BCUT2D eigenvalue weighted by Gasteiger charge is 2.41. The molecule has 2 fully saturated rings. The first-order valence-corrected chi connectivity index (χ1v) is 18.4. The van der Waals surface area contributed by atoms with Crippen molar-refractivity contribution in [3.8, 4) is 0 Å². The van der Waals surface area contributed by atoms with Gasteiger partial charge in [-0.3, -0.25) is 14.4 Å². The Morgan fingerprint density at radius 3 is 1.96 bits per heavy atom. The molecule has 3 amide bonds. The van der Waals surface area contributed by atoms with Crippen molar-refractivity contribution < 1.29 is 23.9 Å². The van der Waals surface area contributed by atoms with Crippen LogP contribution in [-0.2, 0) is 30.5 Å². The number of piperidine rings is 2. The fourth-order valence-electron chi connectivity index (χ4n) is 8.48. The largest absolute Gasteiger partial charge is 0.501 e. The van der Waals surface area contributed by atoms with Crippen LogP contribution in [0.25, 0.3) is 0 Å². The maximum Gasteiger partial charge on any atom is 0.250 e. The van der Waals surface area contributed by atoms with Gasteiger partial charge in [-0.25, -0.2) is 0 Å². The summed E-state index contributed by atoms with van der Waals surface area (Å²) >= 11 is 0. The molecule has 0 unspecified atom stereocenters. The van der Waals surface area contributed by atoms with Crippen LogP contribution in [0.5, 0.6) is 0 Å². The van der Waals surface area contributed by atoms with E-state index in [1.165, 1.54) is 0 Å². The van der Waals surface area contributed by atoms with E-state index in [0.29, 0.717) is 12.5 Å². The minimum Gasteiger partial charge on any atom is -0.501 e. The summed E-state index contributed by atoms with van der Waals surface area (Å²) in [6, 6.07) is 10.7. The molecule has 10 nitrogen and oxygen atoms in total. The van der Waals surface area contributed by atoms with Gasteiger partial charge in [0.05, 0.1) is 25.9 Å². The van der Waals surface area contributed by atoms with Gasteiger partial charge in [0.2, 0.25) is 17.7 Å². The summed E-state index contributed by atoms with van der Waals surface area (Å²) in [5.41, 5.74) is 3.31. The molecule has 4 atom stereocenters. The zero-order valence-electron chi connectivity index (χ0n) is 30.0. The van der Waals surface area contributed by atoms with Gasteiger partial charge in [-0.15, -0.1) is 0 Å². The van der Waals surface area contributed by atoms with Gasteiger partial charge in [0, 0.05) is 99.2 Å². The summed E-state index contributed by atoms with van der Waals surface area (Å²) in [6.07, 6.45) is 10.9. The van der Waals surface area contributed by atoms with Gasteiger partial charge in [-0.1, -0.05) is 44.2 Å². The lowest BCUT2D eigenvalue weighted by molar-refractivity contribution is -0.138. The molecule has 5 aliphatic rings. The molecule has 0 spiro atoms. The Labute approximate surface area is 292 Å². The van der Waals surface area contributed by atoms with Gasteiger partial charge in [0.15, 0.2) is 0 Å². The maximum atomic E-state index is 14.2. The van der Waals surface area contributed by atoms with E-state index in [9.17, 15) is 14.4 Å². The number of rotatable bonds is 10. The van der Waals surface area contributed by atoms with Crippen LogP contribution in [0.3, 0.4) is 0 Å². The Morgan fingerprint density at radius 1 is 0.776 bits per heavy atom. The number of carbonyl (C=O) groups is 3. The van der Waals surface area contributed by atoms with Crippen LogP contribution in [0, 0.1) is 5.92 Å². The molecule has 2 saturated heterocycles. The molecule has 10 heteroatoms. The molecule has 0 radical (unpaired) electrons. The van der Waals surface area contributed by atoms with Crippen LogP contribution in [0.2, 0.25) is 0 Å². The number of likely N-dealkylation sites (tertiary alicyclic amines) is 2. The number of carbonyl (C=O) groups excluding carboxylic acids is 3. The summed E-state index contributed by atoms with van der Waals surface area (Å²) in [6.45, 7) is 12.3. The quantitative estimate of drug-likeness (QED) is 0.389. The lowest BCUT2D eigenvalue weighted by Gasteiger charge is -2.49. The molecule has 49 heavy (non-hydrogen) atoms. The number of benzene rings is 1. The molecule has 5 aliphatic heterocycles. The zero-order valence-corrected chi connectivity index (χ0v) is 30.0. The van der Waals surface area contributed by atoms with Gasteiger partial charge < -0.3 is 34.4 Å². The molecule has 0 aromatic heterocycles. The van der Waals surface area contributed by atoms with Crippen LogP contribution in [0.4, 0.5) is 0 Å². The number of nitrogens with zero attached hydrogens (tertiary/aromatic N) is 4. The summed E-state index contributed by atoms with van der Waals surface area (Å²) in [7, 11) is 1.63.